The standard InChI is InChI=1S/C20H32N6/c1-4-5-13-25(3)15-12-22-20(21-2)23-16-18-9-6-7-10-19(18)17-26-14-8-11-24-26/h6-11,14H,4-5,12-13,15-17H2,1-3H3,(H2,21,22,23). The van der Waals surface area contributed by atoms with Gasteiger partial charge in [-0.1, -0.05) is 37.6 Å². The number of aliphatic imine (C=N–C) groups is 1. The first-order valence-corrected chi connectivity index (χ1v) is 9.40. The summed E-state index contributed by atoms with van der Waals surface area (Å²) in [4.78, 5) is 6.68. The lowest BCUT2D eigenvalue weighted by Crippen LogP contribution is -2.40. The fourth-order valence-corrected chi connectivity index (χ4v) is 2.76. The van der Waals surface area contributed by atoms with Gasteiger partial charge in [0.2, 0.25) is 0 Å². The lowest BCUT2D eigenvalue weighted by Gasteiger charge is -2.18. The molecule has 2 aromatic rings. The molecule has 2 rings (SSSR count). The number of guanidine groups is 1. The molecule has 142 valence electrons. The molecule has 6 heteroatoms. The molecule has 6 nitrogen and oxygen atoms in total. The first-order chi connectivity index (χ1) is 12.7. The predicted molar refractivity (Wildman–Crippen MR) is 108 cm³/mol. The van der Waals surface area contributed by atoms with Crippen molar-refractivity contribution >= 4 is 5.96 Å². The molecule has 0 aliphatic carbocycles. The van der Waals surface area contributed by atoms with Crippen molar-refractivity contribution in [2.45, 2.75) is 32.9 Å². The summed E-state index contributed by atoms with van der Waals surface area (Å²) in [6.45, 7) is 6.78. The Morgan fingerprint density at radius 3 is 2.65 bits per heavy atom. The molecule has 0 aliphatic rings. The van der Waals surface area contributed by atoms with Crippen LogP contribution in [0.4, 0.5) is 0 Å². The van der Waals surface area contributed by atoms with E-state index in [0.29, 0.717) is 0 Å². The van der Waals surface area contributed by atoms with Crippen molar-refractivity contribution < 1.29 is 0 Å². The largest absolute Gasteiger partial charge is 0.355 e. The average Bonchev–Trinajstić information content (AvgIpc) is 3.17. The highest BCUT2D eigenvalue weighted by Gasteiger charge is 2.05. The molecule has 0 unspecified atom stereocenters. The summed E-state index contributed by atoms with van der Waals surface area (Å²) in [5, 5.41) is 11.1. The van der Waals surface area contributed by atoms with Gasteiger partial charge in [0.15, 0.2) is 5.96 Å². The molecule has 26 heavy (non-hydrogen) atoms. The summed E-state index contributed by atoms with van der Waals surface area (Å²) in [5.74, 6) is 0.836. The van der Waals surface area contributed by atoms with Crippen LogP contribution in [-0.4, -0.2) is 54.4 Å². The van der Waals surface area contributed by atoms with E-state index in [1.165, 1.54) is 24.0 Å². The molecule has 0 atom stereocenters. The number of rotatable bonds is 10. The molecule has 0 radical (unpaired) electrons. The number of hydrogen-bond acceptors (Lipinski definition) is 3. The fraction of sp³-hybridized carbons (Fsp3) is 0.500. The van der Waals surface area contributed by atoms with Gasteiger partial charge in [0.25, 0.3) is 0 Å². The molecule has 0 fully saturated rings. The average molecular weight is 357 g/mol. The minimum Gasteiger partial charge on any atom is -0.355 e. The Balaban J connectivity index is 1.81. The van der Waals surface area contributed by atoms with Gasteiger partial charge in [0.05, 0.1) is 6.54 Å². The monoisotopic (exact) mass is 356 g/mol. The molecular weight excluding hydrogens is 324 g/mol. The lowest BCUT2D eigenvalue weighted by molar-refractivity contribution is 0.332. The van der Waals surface area contributed by atoms with E-state index in [-0.39, 0.29) is 0 Å². The second-order valence-corrected chi connectivity index (χ2v) is 6.48. The van der Waals surface area contributed by atoms with Gasteiger partial charge in [-0.05, 0) is 37.2 Å². The van der Waals surface area contributed by atoms with Crippen molar-refractivity contribution in [3.63, 3.8) is 0 Å². The third kappa shape index (κ3) is 6.88. The Kier molecular flexibility index (Phi) is 8.69. The first kappa shape index (κ1) is 20.0. The van der Waals surface area contributed by atoms with E-state index in [1.54, 1.807) is 0 Å². The van der Waals surface area contributed by atoms with Crippen molar-refractivity contribution in [2.24, 2.45) is 4.99 Å². The van der Waals surface area contributed by atoms with Crippen LogP contribution in [0.3, 0.4) is 0 Å². The smallest absolute Gasteiger partial charge is 0.191 e. The molecule has 1 aromatic heterocycles. The Hall–Kier alpha value is -2.34. The molecule has 0 spiro atoms. The van der Waals surface area contributed by atoms with Crippen LogP contribution in [0.5, 0.6) is 0 Å². The van der Waals surface area contributed by atoms with Crippen molar-refractivity contribution in [2.75, 3.05) is 33.7 Å². The van der Waals surface area contributed by atoms with Gasteiger partial charge < -0.3 is 15.5 Å². The highest BCUT2D eigenvalue weighted by Crippen LogP contribution is 2.10. The van der Waals surface area contributed by atoms with Crippen LogP contribution in [0.15, 0.2) is 47.7 Å². The van der Waals surface area contributed by atoms with Crippen LogP contribution >= 0.6 is 0 Å². The number of aromatic nitrogens is 2. The molecule has 2 N–H and O–H groups in total. The molecule has 0 aliphatic heterocycles. The second-order valence-electron chi connectivity index (χ2n) is 6.48. The van der Waals surface area contributed by atoms with E-state index in [9.17, 15) is 0 Å². The van der Waals surface area contributed by atoms with Crippen LogP contribution < -0.4 is 10.6 Å². The minimum absolute atomic E-state index is 0.739. The van der Waals surface area contributed by atoms with Gasteiger partial charge in [0, 0.05) is 39.1 Å². The van der Waals surface area contributed by atoms with Gasteiger partial charge >= 0.3 is 0 Å². The first-order valence-electron chi connectivity index (χ1n) is 9.40. The third-order valence-corrected chi connectivity index (χ3v) is 4.36. The maximum Gasteiger partial charge on any atom is 0.191 e. The number of likely N-dealkylation sites (N-methyl/N-ethyl adjacent to an activating group) is 1. The van der Waals surface area contributed by atoms with E-state index in [0.717, 1.165) is 38.7 Å². The van der Waals surface area contributed by atoms with E-state index in [2.05, 4.69) is 63.9 Å². The summed E-state index contributed by atoms with van der Waals surface area (Å²) >= 11 is 0. The van der Waals surface area contributed by atoms with Gasteiger partial charge in [0.1, 0.15) is 0 Å². The second kappa shape index (κ2) is 11.3. The number of nitrogens with zero attached hydrogens (tertiary/aromatic N) is 4. The van der Waals surface area contributed by atoms with Gasteiger partial charge in [-0.2, -0.15) is 5.10 Å². The summed E-state index contributed by atoms with van der Waals surface area (Å²) in [5.41, 5.74) is 2.52. The summed E-state index contributed by atoms with van der Waals surface area (Å²) in [6.07, 6.45) is 6.28. The molecule has 0 saturated carbocycles. The number of nitrogens with one attached hydrogen (secondary N) is 2. The quantitative estimate of drug-likeness (QED) is 0.507. The van der Waals surface area contributed by atoms with Gasteiger partial charge in [-0.15, -0.1) is 0 Å². The van der Waals surface area contributed by atoms with E-state index >= 15 is 0 Å². The van der Waals surface area contributed by atoms with E-state index < -0.39 is 0 Å². The zero-order valence-electron chi connectivity index (χ0n) is 16.3. The lowest BCUT2D eigenvalue weighted by atomic mass is 10.1. The van der Waals surface area contributed by atoms with Crippen LogP contribution in [0.1, 0.15) is 30.9 Å². The van der Waals surface area contributed by atoms with Gasteiger partial charge in [-0.3, -0.25) is 9.67 Å². The maximum absolute atomic E-state index is 4.33. The summed E-state index contributed by atoms with van der Waals surface area (Å²) < 4.78 is 1.94. The van der Waals surface area contributed by atoms with E-state index in [4.69, 9.17) is 0 Å². The van der Waals surface area contributed by atoms with Crippen molar-refractivity contribution in [3.05, 3.63) is 53.9 Å². The Bertz CT molecular complexity index is 650. The fourth-order valence-electron chi connectivity index (χ4n) is 2.76. The molecular formula is C20H32N6. The predicted octanol–water partition coefficient (Wildman–Crippen LogP) is 2.33. The minimum atomic E-state index is 0.739. The third-order valence-electron chi connectivity index (χ3n) is 4.36. The molecule has 1 aromatic carbocycles. The Labute approximate surface area is 157 Å². The van der Waals surface area contributed by atoms with Crippen LogP contribution in [0.25, 0.3) is 0 Å². The maximum atomic E-state index is 4.33. The Morgan fingerprint density at radius 2 is 1.96 bits per heavy atom. The zero-order valence-corrected chi connectivity index (χ0v) is 16.3. The highest BCUT2D eigenvalue weighted by atomic mass is 15.3. The van der Waals surface area contributed by atoms with Crippen LogP contribution in [-0.2, 0) is 13.1 Å². The van der Waals surface area contributed by atoms with Crippen molar-refractivity contribution in [1.29, 1.82) is 0 Å². The normalized spacial score (nSPS) is 11.8. The molecule has 0 amide bonds. The Morgan fingerprint density at radius 1 is 1.15 bits per heavy atom. The topological polar surface area (TPSA) is 57.5 Å². The molecule has 0 bridgehead atoms. The van der Waals surface area contributed by atoms with Crippen LogP contribution in [0, 0.1) is 0 Å². The SMILES string of the molecule is CCCCN(C)CCNC(=NC)NCc1ccccc1Cn1cccn1. The number of unbranched alkanes of at least 4 members (excludes halogenated alkanes) is 1. The summed E-state index contributed by atoms with van der Waals surface area (Å²) in [6, 6.07) is 10.4. The highest BCUT2D eigenvalue weighted by molar-refractivity contribution is 5.79. The van der Waals surface area contributed by atoms with Crippen LogP contribution in [0.2, 0.25) is 0 Å². The zero-order chi connectivity index (χ0) is 18.6. The van der Waals surface area contributed by atoms with Crippen molar-refractivity contribution in [3.8, 4) is 0 Å². The molecule has 0 saturated heterocycles. The van der Waals surface area contributed by atoms with Crippen molar-refractivity contribution in [1.82, 2.24) is 25.3 Å². The number of hydrogen-bond donors (Lipinski definition) is 2. The number of benzene rings is 1. The summed E-state index contributed by atoms with van der Waals surface area (Å²) in [7, 11) is 3.98. The molecule has 1 heterocycles. The van der Waals surface area contributed by atoms with Gasteiger partial charge in [-0.25, -0.2) is 0 Å². The van der Waals surface area contributed by atoms with E-state index in [1.807, 2.05) is 30.2 Å².